The van der Waals surface area contributed by atoms with E-state index in [0.717, 1.165) is 5.56 Å². The SMILES string of the molecule is ClC(=NCc1ccccc1-c1cccs1)c1ccccc1. The number of hydrogen-bond donors (Lipinski definition) is 0. The fraction of sp³-hybridized carbons (Fsp3) is 0.0556. The Labute approximate surface area is 133 Å². The van der Waals surface area contributed by atoms with Crippen molar-refractivity contribution in [3.8, 4) is 10.4 Å². The Balaban J connectivity index is 1.86. The third-order valence-corrected chi connectivity index (χ3v) is 4.45. The minimum atomic E-state index is 0.552. The molecule has 1 nitrogen and oxygen atoms in total. The van der Waals surface area contributed by atoms with Gasteiger partial charge in [-0.1, -0.05) is 72.3 Å². The van der Waals surface area contributed by atoms with Crippen LogP contribution in [0.15, 0.2) is 77.1 Å². The average molecular weight is 312 g/mol. The quantitative estimate of drug-likeness (QED) is 0.556. The molecule has 0 radical (unpaired) electrons. The summed E-state index contributed by atoms with van der Waals surface area (Å²) >= 11 is 8.03. The van der Waals surface area contributed by atoms with E-state index in [2.05, 4.69) is 40.7 Å². The maximum absolute atomic E-state index is 6.29. The number of nitrogens with zero attached hydrogens (tertiary/aromatic N) is 1. The molecule has 2 aromatic carbocycles. The number of halogens is 1. The van der Waals surface area contributed by atoms with Crippen molar-refractivity contribution in [2.75, 3.05) is 0 Å². The van der Waals surface area contributed by atoms with E-state index in [-0.39, 0.29) is 0 Å². The summed E-state index contributed by atoms with van der Waals surface area (Å²) in [5.74, 6) is 0. The van der Waals surface area contributed by atoms with Crippen LogP contribution >= 0.6 is 22.9 Å². The predicted octanol–water partition coefficient (Wildman–Crippen LogP) is 5.60. The standard InChI is InChI=1S/C18H14ClNS/c19-18(14-7-2-1-3-8-14)20-13-15-9-4-5-10-16(15)17-11-6-12-21-17/h1-12H,13H2. The highest BCUT2D eigenvalue weighted by atomic mass is 35.5. The maximum Gasteiger partial charge on any atom is 0.131 e. The summed E-state index contributed by atoms with van der Waals surface area (Å²) in [4.78, 5) is 5.78. The van der Waals surface area contributed by atoms with Crippen molar-refractivity contribution in [2.45, 2.75) is 6.54 Å². The summed E-state index contributed by atoms with van der Waals surface area (Å²) in [6.07, 6.45) is 0. The number of benzene rings is 2. The van der Waals surface area contributed by atoms with Crippen molar-refractivity contribution in [1.29, 1.82) is 0 Å². The first-order valence-corrected chi connectivity index (χ1v) is 7.97. The second kappa shape index (κ2) is 6.70. The van der Waals surface area contributed by atoms with Crippen LogP contribution in [0.25, 0.3) is 10.4 Å². The Morgan fingerprint density at radius 2 is 1.67 bits per heavy atom. The first-order chi connectivity index (χ1) is 10.3. The Morgan fingerprint density at radius 1 is 0.905 bits per heavy atom. The van der Waals surface area contributed by atoms with Crippen LogP contribution in [-0.2, 0) is 6.54 Å². The van der Waals surface area contributed by atoms with Gasteiger partial charge in [-0.3, -0.25) is 4.99 Å². The van der Waals surface area contributed by atoms with Crippen LogP contribution in [0.4, 0.5) is 0 Å². The molecule has 0 atom stereocenters. The lowest BCUT2D eigenvalue weighted by molar-refractivity contribution is 1.08. The third kappa shape index (κ3) is 3.41. The van der Waals surface area contributed by atoms with Crippen molar-refractivity contribution < 1.29 is 0 Å². The molecule has 0 aliphatic rings. The molecule has 0 amide bonds. The van der Waals surface area contributed by atoms with Crippen LogP contribution in [0.1, 0.15) is 11.1 Å². The molecule has 0 fully saturated rings. The van der Waals surface area contributed by atoms with E-state index in [4.69, 9.17) is 11.6 Å². The fourth-order valence-corrected chi connectivity index (χ4v) is 3.12. The van der Waals surface area contributed by atoms with E-state index in [9.17, 15) is 0 Å². The van der Waals surface area contributed by atoms with Gasteiger partial charge in [-0.2, -0.15) is 0 Å². The molecule has 1 heterocycles. The van der Waals surface area contributed by atoms with Crippen LogP contribution in [-0.4, -0.2) is 5.17 Å². The molecule has 0 unspecified atom stereocenters. The van der Waals surface area contributed by atoms with Crippen LogP contribution in [0.5, 0.6) is 0 Å². The second-order valence-corrected chi connectivity index (χ2v) is 5.91. The summed E-state index contributed by atoms with van der Waals surface area (Å²) in [5, 5.41) is 2.64. The van der Waals surface area contributed by atoms with Gasteiger partial charge in [-0.05, 0) is 22.6 Å². The van der Waals surface area contributed by atoms with Crippen molar-refractivity contribution in [2.24, 2.45) is 4.99 Å². The maximum atomic E-state index is 6.29. The minimum absolute atomic E-state index is 0.552. The zero-order valence-corrected chi connectivity index (χ0v) is 12.9. The summed E-state index contributed by atoms with van der Waals surface area (Å²) in [6, 6.07) is 22.4. The normalized spacial score (nSPS) is 11.6. The first-order valence-electron chi connectivity index (χ1n) is 6.72. The van der Waals surface area contributed by atoms with Gasteiger partial charge in [0, 0.05) is 10.4 Å². The smallest absolute Gasteiger partial charge is 0.131 e. The molecule has 3 heteroatoms. The van der Waals surface area contributed by atoms with E-state index < -0.39 is 0 Å². The first kappa shape index (κ1) is 14.1. The minimum Gasteiger partial charge on any atom is -0.268 e. The molecule has 3 rings (SSSR count). The lowest BCUT2D eigenvalue weighted by Crippen LogP contribution is -1.93. The van der Waals surface area contributed by atoms with Gasteiger partial charge in [-0.15, -0.1) is 11.3 Å². The largest absolute Gasteiger partial charge is 0.268 e. The average Bonchev–Trinajstić information content (AvgIpc) is 3.08. The van der Waals surface area contributed by atoms with E-state index >= 15 is 0 Å². The van der Waals surface area contributed by atoms with E-state index in [1.807, 2.05) is 36.4 Å². The molecule has 0 aliphatic heterocycles. The van der Waals surface area contributed by atoms with Gasteiger partial charge in [0.1, 0.15) is 5.17 Å². The van der Waals surface area contributed by atoms with Crippen LogP contribution < -0.4 is 0 Å². The number of hydrogen-bond acceptors (Lipinski definition) is 2. The Morgan fingerprint density at radius 3 is 2.43 bits per heavy atom. The molecular formula is C18H14ClNS. The molecule has 104 valence electrons. The molecule has 0 saturated carbocycles. The van der Waals surface area contributed by atoms with E-state index in [1.165, 1.54) is 16.0 Å². The fourth-order valence-electron chi connectivity index (χ4n) is 2.15. The molecular weight excluding hydrogens is 298 g/mol. The molecule has 0 N–H and O–H groups in total. The van der Waals surface area contributed by atoms with Gasteiger partial charge < -0.3 is 0 Å². The monoisotopic (exact) mass is 311 g/mol. The van der Waals surface area contributed by atoms with Crippen molar-refractivity contribution >= 4 is 28.1 Å². The van der Waals surface area contributed by atoms with Crippen molar-refractivity contribution in [3.05, 3.63) is 83.2 Å². The van der Waals surface area contributed by atoms with Gasteiger partial charge in [-0.25, -0.2) is 0 Å². The Bertz CT molecular complexity index is 733. The van der Waals surface area contributed by atoms with Gasteiger partial charge in [0.05, 0.1) is 6.54 Å². The van der Waals surface area contributed by atoms with Crippen LogP contribution in [0.2, 0.25) is 0 Å². The molecule has 0 saturated heterocycles. The molecule has 1 aromatic heterocycles. The summed E-state index contributed by atoms with van der Waals surface area (Å²) in [7, 11) is 0. The third-order valence-electron chi connectivity index (χ3n) is 3.20. The molecule has 0 bridgehead atoms. The van der Waals surface area contributed by atoms with Crippen LogP contribution in [0, 0.1) is 0 Å². The van der Waals surface area contributed by atoms with Gasteiger partial charge in [0.15, 0.2) is 0 Å². The van der Waals surface area contributed by atoms with Crippen LogP contribution in [0.3, 0.4) is 0 Å². The van der Waals surface area contributed by atoms with E-state index in [0.29, 0.717) is 11.7 Å². The summed E-state index contributed by atoms with van der Waals surface area (Å²) < 4.78 is 0. The topological polar surface area (TPSA) is 12.4 Å². The van der Waals surface area contributed by atoms with Gasteiger partial charge in [0.2, 0.25) is 0 Å². The number of aliphatic imine (C=N–C) groups is 1. The highest BCUT2D eigenvalue weighted by molar-refractivity contribution is 7.13. The predicted molar refractivity (Wildman–Crippen MR) is 92.3 cm³/mol. The van der Waals surface area contributed by atoms with Crippen molar-refractivity contribution in [3.63, 3.8) is 0 Å². The Hall–Kier alpha value is -1.90. The van der Waals surface area contributed by atoms with Gasteiger partial charge >= 0.3 is 0 Å². The second-order valence-electron chi connectivity index (χ2n) is 4.61. The summed E-state index contributed by atoms with van der Waals surface area (Å²) in [5.41, 5.74) is 3.37. The highest BCUT2D eigenvalue weighted by Gasteiger charge is 2.05. The summed E-state index contributed by atoms with van der Waals surface area (Å²) in [6.45, 7) is 0.585. The van der Waals surface area contributed by atoms with E-state index in [1.54, 1.807) is 11.3 Å². The number of thiophene rings is 1. The highest BCUT2D eigenvalue weighted by Crippen LogP contribution is 2.28. The molecule has 21 heavy (non-hydrogen) atoms. The van der Waals surface area contributed by atoms with Crippen molar-refractivity contribution in [1.82, 2.24) is 0 Å². The Kier molecular flexibility index (Phi) is 4.49. The lowest BCUT2D eigenvalue weighted by atomic mass is 10.1. The molecule has 0 aliphatic carbocycles. The zero-order valence-electron chi connectivity index (χ0n) is 11.4. The van der Waals surface area contributed by atoms with Gasteiger partial charge in [0.25, 0.3) is 0 Å². The molecule has 0 spiro atoms. The lowest BCUT2D eigenvalue weighted by Gasteiger charge is -2.06. The molecule has 3 aromatic rings. The zero-order chi connectivity index (χ0) is 14.5. The number of rotatable bonds is 4.